The average molecular weight is 257 g/mol. The molecular formula is C12H19NO3S. The number of nitrogens with one attached hydrogen (secondary N) is 1. The summed E-state index contributed by atoms with van der Waals surface area (Å²) in [7, 11) is -3.23. The zero-order valence-electron chi connectivity index (χ0n) is 10.4. The molecule has 0 radical (unpaired) electrons. The van der Waals surface area contributed by atoms with Gasteiger partial charge in [-0.3, -0.25) is 0 Å². The molecule has 1 aromatic rings. The summed E-state index contributed by atoms with van der Waals surface area (Å²) >= 11 is 0. The summed E-state index contributed by atoms with van der Waals surface area (Å²) in [4.78, 5) is 0.314. The first kappa shape index (κ1) is 14.0. The first-order valence-corrected chi connectivity index (χ1v) is 7.31. The maximum Gasteiger partial charge on any atom is 0.191 e. The molecule has 0 amide bonds. The number of ether oxygens (including phenoxy) is 1. The molecule has 96 valence electrons. The first-order valence-electron chi connectivity index (χ1n) is 5.66. The summed E-state index contributed by atoms with van der Waals surface area (Å²) in [5.74, 6) is 0.649. The summed E-state index contributed by atoms with van der Waals surface area (Å²) < 4.78 is 29.1. The molecule has 1 rings (SSSR count). The van der Waals surface area contributed by atoms with Crippen LogP contribution in [0, 0.1) is 0 Å². The largest absolute Gasteiger partial charge is 0.491 e. The SMILES string of the molecule is CCNCS(=O)(=O)c1ccc(OC(C)C)cc1. The Balaban J connectivity index is 2.80. The highest BCUT2D eigenvalue weighted by molar-refractivity contribution is 7.91. The van der Waals surface area contributed by atoms with Gasteiger partial charge in [0.1, 0.15) is 11.6 Å². The van der Waals surface area contributed by atoms with Gasteiger partial charge in [-0.05, 0) is 44.7 Å². The molecule has 5 heteroatoms. The lowest BCUT2D eigenvalue weighted by molar-refractivity contribution is 0.242. The molecule has 0 aliphatic rings. The zero-order valence-corrected chi connectivity index (χ0v) is 11.3. The fourth-order valence-electron chi connectivity index (χ4n) is 1.32. The van der Waals surface area contributed by atoms with Gasteiger partial charge < -0.3 is 10.1 Å². The van der Waals surface area contributed by atoms with Gasteiger partial charge in [0.25, 0.3) is 0 Å². The van der Waals surface area contributed by atoms with E-state index in [0.29, 0.717) is 17.2 Å². The van der Waals surface area contributed by atoms with E-state index in [1.807, 2.05) is 20.8 Å². The van der Waals surface area contributed by atoms with Gasteiger partial charge in [-0.2, -0.15) is 0 Å². The van der Waals surface area contributed by atoms with Crippen LogP contribution in [0.2, 0.25) is 0 Å². The number of sulfone groups is 1. The molecule has 0 aromatic heterocycles. The average Bonchev–Trinajstić information content (AvgIpc) is 2.26. The molecule has 1 N–H and O–H groups in total. The summed E-state index contributed by atoms with van der Waals surface area (Å²) in [6.07, 6.45) is 0.0826. The second kappa shape index (κ2) is 6.02. The third kappa shape index (κ3) is 4.36. The Kier molecular flexibility index (Phi) is 4.96. The van der Waals surface area contributed by atoms with Crippen LogP contribution in [0.25, 0.3) is 0 Å². The van der Waals surface area contributed by atoms with Gasteiger partial charge in [0.2, 0.25) is 0 Å². The Morgan fingerprint density at radius 2 is 1.82 bits per heavy atom. The molecular weight excluding hydrogens is 238 g/mol. The molecule has 0 saturated carbocycles. The molecule has 4 nitrogen and oxygen atoms in total. The fourth-order valence-corrected chi connectivity index (χ4v) is 2.51. The predicted molar refractivity (Wildman–Crippen MR) is 67.9 cm³/mol. The van der Waals surface area contributed by atoms with Crippen LogP contribution in [0.5, 0.6) is 5.75 Å². The van der Waals surface area contributed by atoms with Crippen LogP contribution in [-0.4, -0.2) is 26.9 Å². The minimum atomic E-state index is -3.23. The molecule has 0 spiro atoms. The van der Waals surface area contributed by atoms with E-state index in [0.717, 1.165) is 0 Å². The van der Waals surface area contributed by atoms with Gasteiger partial charge in [-0.1, -0.05) is 6.92 Å². The van der Waals surface area contributed by atoms with E-state index >= 15 is 0 Å². The lowest BCUT2D eigenvalue weighted by Gasteiger charge is -2.10. The van der Waals surface area contributed by atoms with Gasteiger partial charge in [-0.25, -0.2) is 8.42 Å². The van der Waals surface area contributed by atoms with Crippen molar-refractivity contribution in [2.45, 2.75) is 31.8 Å². The van der Waals surface area contributed by atoms with Crippen LogP contribution < -0.4 is 10.1 Å². The van der Waals surface area contributed by atoms with E-state index in [-0.39, 0.29) is 12.0 Å². The van der Waals surface area contributed by atoms with Gasteiger partial charge in [0, 0.05) is 0 Å². The van der Waals surface area contributed by atoms with Crippen LogP contribution >= 0.6 is 0 Å². The van der Waals surface area contributed by atoms with Crippen LogP contribution in [0.1, 0.15) is 20.8 Å². The van der Waals surface area contributed by atoms with Crippen molar-refractivity contribution in [3.8, 4) is 5.75 Å². The number of benzene rings is 1. The summed E-state index contributed by atoms with van der Waals surface area (Å²) in [5.41, 5.74) is 0. The van der Waals surface area contributed by atoms with E-state index in [2.05, 4.69) is 5.32 Å². The number of rotatable bonds is 6. The number of hydrogen-bond donors (Lipinski definition) is 1. The van der Waals surface area contributed by atoms with Crippen molar-refractivity contribution in [1.82, 2.24) is 5.32 Å². The summed E-state index contributed by atoms with van der Waals surface area (Å²) in [6.45, 7) is 6.36. The summed E-state index contributed by atoms with van der Waals surface area (Å²) in [6, 6.07) is 6.51. The lowest BCUT2D eigenvalue weighted by Crippen LogP contribution is -2.22. The van der Waals surface area contributed by atoms with Crippen molar-refractivity contribution in [2.24, 2.45) is 0 Å². The second-order valence-corrected chi connectivity index (χ2v) is 5.99. The molecule has 1 aromatic carbocycles. The zero-order chi connectivity index (χ0) is 12.9. The normalized spacial score (nSPS) is 11.8. The van der Waals surface area contributed by atoms with Gasteiger partial charge in [-0.15, -0.1) is 0 Å². The molecule has 0 fully saturated rings. The lowest BCUT2D eigenvalue weighted by atomic mass is 10.3. The van der Waals surface area contributed by atoms with Crippen LogP contribution in [0.3, 0.4) is 0 Å². The Hall–Kier alpha value is -1.07. The smallest absolute Gasteiger partial charge is 0.191 e. The van der Waals surface area contributed by atoms with Crippen molar-refractivity contribution in [2.75, 3.05) is 12.4 Å². The fraction of sp³-hybridized carbons (Fsp3) is 0.500. The van der Waals surface area contributed by atoms with Gasteiger partial charge >= 0.3 is 0 Å². The van der Waals surface area contributed by atoms with E-state index < -0.39 is 9.84 Å². The van der Waals surface area contributed by atoms with Crippen molar-refractivity contribution < 1.29 is 13.2 Å². The molecule has 17 heavy (non-hydrogen) atoms. The third-order valence-corrected chi connectivity index (χ3v) is 3.67. The van der Waals surface area contributed by atoms with E-state index in [4.69, 9.17) is 4.74 Å². The maximum absolute atomic E-state index is 11.8. The maximum atomic E-state index is 11.8. The van der Waals surface area contributed by atoms with Crippen molar-refractivity contribution in [3.05, 3.63) is 24.3 Å². The molecule has 0 unspecified atom stereocenters. The molecule has 0 saturated heterocycles. The van der Waals surface area contributed by atoms with Gasteiger partial charge in [0.05, 0.1) is 11.0 Å². The molecule has 0 aliphatic heterocycles. The topological polar surface area (TPSA) is 55.4 Å². The third-order valence-electron chi connectivity index (χ3n) is 2.10. The Morgan fingerprint density at radius 1 is 1.24 bits per heavy atom. The Labute approximate surface area is 103 Å². The highest BCUT2D eigenvalue weighted by atomic mass is 32.2. The minimum Gasteiger partial charge on any atom is -0.491 e. The molecule has 0 heterocycles. The number of hydrogen-bond acceptors (Lipinski definition) is 4. The van der Waals surface area contributed by atoms with E-state index in [1.54, 1.807) is 24.3 Å². The standard InChI is InChI=1S/C12H19NO3S/c1-4-13-9-17(14,15)12-7-5-11(6-8-12)16-10(2)3/h5-8,10,13H,4,9H2,1-3H3. The minimum absolute atomic E-state index is 0.0338. The van der Waals surface area contributed by atoms with Crippen LogP contribution in [-0.2, 0) is 9.84 Å². The second-order valence-electron chi connectivity index (χ2n) is 4.00. The van der Waals surface area contributed by atoms with Crippen molar-refractivity contribution in [3.63, 3.8) is 0 Å². The monoisotopic (exact) mass is 257 g/mol. The van der Waals surface area contributed by atoms with Crippen LogP contribution in [0.15, 0.2) is 29.2 Å². The molecule has 0 aliphatic carbocycles. The van der Waals surface area contributed by atoms with Crippen LogP contribution in [0.4, 0.5) is 0 Å². The molecule has 0 atom stereocenters. The Bertz CT molecular complexity index is 437. The summed E-state index contributed by atoms with van der Waals surface area (Å²) in [5, 5.41) is 2.81. The highest BCUT2D eigenvalue weighted by Crippen LogP contribution is 2.17. The first-order chi connectivity index (χ1) is 7.95. The van der Waals surface area contributed by atoms with Crippen molar-refractivity contribution >= 4 is 9.84 Å². The predicted octanol–water partition coefficient (Wildman–Crippen LogP) is 1.81. The van der Waals surface area contributed by atoms with Crippen molar-refractivity contribution in [1.29, 1.82) is 0 Å². The quantitative estimate of drug-likeness (QED) is 0.844. The van der Waals surface area contributed by atoms with E-state index in [1.165, 1.54) is 0 Å². The molecule has 0 bridgehead atoms. The van der Waals surface area contributed by atoms with E-state index in [9.17, 15) is 8.42 Å². The highest BCUT2D eigenvalue weighted by Gasteiger charge is 2.13. The van der Waals surface area contributed by atoms with Gasteiger partial charge in [0.15, 0.2) is 9.84 Å². The Morgan fingerprint density at radius 3 is 2.29 bits per heavy atom.